The van der Waals surface area contributed by atoms with E-state index in [1.165, 1.54) is 11.3 Å². The number of nitrogens with one attached hydrogen (secondary N) is 1. The Kier molecular flexibility index (Phi) is 7.37. The third kappa shape index (κ3) is 5.02. The number of hydrogen-bond donors (Lipinski definition) is 1. The van der Waals surface area contributed by atoms with E-state index >= 15 is 0 Å². The van der Waals surface area contributed by atoms with Crippen LogP contribution < -0.4 is 5.32 Å². The number of methoxy groups -OCH3 is 1. The van der Waals surface area contributed by atoms with Gasteiger partial charge in [0.1, 0.15) is 0 Å². The Balaban J connectivity index is 2.56. The molecule has 1 aromatic rings. The van der Waals surface area contributed by atoms with Gasteiger partial charge in [0.2, 0.25) is 0 Å². The van der Waals surface area contributed by atoms with Crippen LogP contribution in [0.3, 0.4) is 0 Å². The lowest BCUT2D eigenvalue weighted by atomic mass is 10.1. The molecule has 0 unspecified atom stereocenters. The smallest absolute Gasteiger partial charge is 0.0609 e. The molecule has 0 aliphatic carbocycles. The molecular formula is C14H25N3O. The standard InChI is InChI=1S/C14H25N3O/c1-4-9-17-14(6-7-16-17)11-13(5-2)12-15-8-10-18-3/h6-7,11,15H,4-5,8-10,12H2,1-3H3/b13-11-. The highest BCUT2D eigenvalue weighted by Gasteiger charge is 2.01. The van der Waals surface area contributed by atoms with Crippen LogP contribution in [0, 0.1) is 0 Å². The number of ether oxygens (including phenoxy) is 1. The molecule has 0 amide bonds. The molecule has 1 rings (SSSR count). The molecule has 1 aromatic heterocycles. The SMILES string of the molecule is CCCn1nccc1/C=C(/CC)CNCCOC. The van der Waals surface area contributed by atoms with Crippen LogP contribution in [-0.4, -0.2) is 36.6 Å². The van der Waals surface area contributed by atoms with E-state index in [2.05, 4.69) is 41.1 Å². The molecule has 4 nitrogen and oxygen atoms in total. The molecule has 0 aliphatic heterocycles. The first-order valence-electron chi connectivity index (χ1n) is 6.72. The molecule has 0 saturated carbocycles. The number of rotatable bonds is 9. The zero-order chi connectivity index (χ0) is 13.2. The Morgan fingerprint density at radius 2 is 2.33 bits per heavy atom. The van der Waals surface area contributed by atoms with Gasteiger partial charge in [-0.3, -0.25) is 4.68 Å². The van der Waals surface area contributed by atoms with E-state index in [0.29, 0.717) is 0 Å². The first-order chi connectivity index (χ1) is 8.81. The Morgan fingerprint density at radius 3 is 3.00 bits per heavy atom. The maximum Gasteiger partial charge on any atom is 0.0609 e. The third-order valence-corrected chi connectivity index (χ3v) is 2.83. The van der Waals surface area contributed by atoms with Crippen LogP contribution in [0.15, 0.2) is 17.8 Å². The zero-order valence-electron chi connectivity index (χ0n) is 11.8. The fourth-order valence-electron chi connectivity index (χ4n) is 1.77. The van der Waals surface area contributed by atoms with Crippen molar-refractivity contribution in [3.8, 4) is 0 Å². The normalized spacial score (nSPS) is 12.1. The highest BCUT2D eigenvalue weighted by atomic mass is 16.5. The highest BCUT2D eigenvalue weighted by Crippen LogP contribution is 2.09. The summed E-state index contributed by atoms with van der Waals surface area (Å²) in [6, 6.07) is 2.07. The summed E-state index contributed by atoms with van der Waals surface area (Å²) in [6.45, 7) is 7.89. The molecule has 0 spiro atoms. The molecule has 102 valence electrons. The molecule has 0 aliphatic rings. The van der Waals surface area contributed by atoms with Gasteiger partial charge in [0.05, 0.1) is 12.3 Å². The minimum absolute atomic E-state index is 0.755. The number of aryl methyl sites for hydroxylation is 1. The van der Waals surface area contributed by atoms with Gasteiger partial charge in [-0.25, -0.2) is 0 Å². The van der Waals surface area contributed by atoms with E-state index in [-0.39, 0.29) is 0 Å². The number of aromatic nitrogens is 2. The monoisotopic (exact) mass is 251 g/mol. The second kappa shape index (κ2) is 8.89. The molecule has 0 aromatic carbocycles. The van der Waals surface area contributed by atoms with Gasteiger partial charge in [-0.05, 0) is 25.0 Å². The summed E-state index contributed by atoms with van der Waals surface area (Å²) in [5, 5.41) is 7.71. The van der Waals surface area contributed by atoms with Crippen molar-refractivity contribution in [3.63, 3.8) is 0 Å². The van der Waals surface area contributed by atoms with E-state index in [0.717, 1.165) is 39.1 Å². The predicted octanol–water partition coefficient (Wildman–Crippen LogP) is 2.32. The van der Waals surface area contributed by atoms with Crippen molar-refractivity contribution in [2.75, 3.05) is 26.8 Å². The summed E-state index contributed by atoms with van der Waals surface area (Å²) in [7, 11) is 1.72. The van der Waals surface area contributed by atoms with Gasteiger partial charge in [0, 0.05) is 32.9 Å². The van der Waals surface area contributed by atoms with Crippen molar-refractivity contribution in [1.29, 1.82) is 0 Å². The van der Waals surface area contributed by atoms with E-state index in [1.54, 1.807) is 7.11 Å². The fourth-order valence-corrected chi connectivity index (χ4v) is 1.77. The fraction of sp³-hybridized carbons (Fsp3) is 0.643. The van der Waals surface area contributed by atoms with Crippen molar-refractivity contribution in [3.05, 3.63) is 23.5 Å². The summed E-state index contributed by atoms with van der Waals surface area (Å²) in [6.07, 6.45) is 6.27. The molecule has 4 heteroatoms. The maximum atomic E-state index is 5.02. The van der Waals surface area contributed by atoms with E-state index in [1.807, 2.05) is 6.20 Å². The van der Waals surface area contributed by atoms with E-state index in [9.17, 15) is 0 Å². The molecule has 1 heterocycles. The van der Waals surface area contributed by atoms with Gasteiger partial charge >= 0.3 is 0 Å². The topological polar surface area (TPSA) is 39.1 Å². The van der Waals surface area contributed by atoms with Gasteiger partial charge in [0.15, 0.2) is 0 Å². The maximum absolute atomic E-state index is 5.02. The average molecular weight is 251 g/mol. The van der Waals surface area contributed by atoms with Crippen LogP contribution in [-0.2, 0) is 11.3 Å². The van der Waals surface area contributed by atoms with Gasteiger partial charge in [-0.15, -0.1) is 0 Å². The number of nitrogens with zero attached hydrogens (tertiary/aromatic N) is 2. The minimum atomic E-state index is 0.755. The molecule has 0 fully saturated rings. The summed E-state index contributed by atoms with van der Waals surface area (Å²) >= 11 is 0. The van der Waals surface area contributed by atoms with Gasteiger partial charge in [-0.1, -0.05) is 19.4 Å². The third-order valence-electron chi connectivity index (χ3n) is 2.83. The zero-order valence-corrected chi connectivity index (χ0v) is 11.8. The van der Waals surface area contributed by atoms with Crippen molar-refractivity contribution in [2.45, 2.75) is 33.2 Å². The minimum Gasteiger partial charge on any atom is -0.383 e. The molecule has 0 bridgehead atoms. The first kappa shape index (κ1) is 14.9. The van der Waals surface area contributed by atoms with Crippen LogP contribution >= 0.6 is 0 Å². The lowest BCUT2D eigenvalue weighted by Gasteiger charge is -2.08. The summed E-state index contributed by atoms with van der Waals surface area (Å²) < 4.78 is 7.08. The van der Waals surface area contributed by atoms with Crippen molar-refractivity contribution in [1.82, 2.24) is 15.1 Å². The van der Waals surface area contributed by atoms with Crippen LogP contribution in [0.25, 0.3) is 6.08 Å². The summed E-state index contributed by atoms with van der Waals surface area (Å²) in [5.74, 6) is 0. The quantitative estimate of drug-likeness (QED) is 0.685. The second-order valence-corrected chi connectivity index (χ2v) is 4.30. The summed E-state index contributed by atoms with van der Waals surface area (Å²) in [4.78, 5) is 0. The van der Waals surface area contributed by atoms with Crippen LogP contribution in [0.5, 0.6) is 0 Å². The van der Waals surface area contributed by atoms with Crippen molar-refractivity contribution < 1.29 is 4.74 Å². The lowest BCUT2D eigenvalue weighted by molar-refractivity contribution is 0.200. The van der Waals surface area contributed by atoms with Crippen LogP contribution in [0.1, 0.15) is 32.4 Å². The summed E-state index contributed by atoms with van der Waals surface area (Å²) in [5.41, 5.74) is 2.59. The van der Waals surface area contributed by atoms with E-state index in [4.69, 9.17) is 4.74 Å². The lowest BCUT2D eigenvalue weighted by Crippen LogP contribution is -2.21. The molecule has 0 radical (unpaired) electrons. The average Bonchev–Trinajstić information content (AvgIpc) is 2.81. The van der Waals surface area contributed by atoms with Gasteiger partial charge in [0.25, 0.3) is 0 Å². The molecule has 0 saturated heterocycles. The molecule has 1 N–H and O–H groups in total. The molecule has 18 heavy (non-hydrogen) atoms. The largest absolute Gasteiger partial charge is 0.383 e. The Morgan fingerprint density at radius 1 is 1.50 bits per heavy atom. The predicted molar refractivity (Wildman–Crippen MR) is 75.5 cm³/mol. The van der Waals surface area contributed by atoms with E-state index < -0.39 is 0 Å². The Bertz CT molecular complexity index is 358. The van der Waals surface area contributed by atoms with Crippen molar-refractivity contribution >= 4 is 6.08 Å². The Hall–Kier alpha value is -1.13. The van der Waals surface area contributed by atoms with Gasteiger partial charge < -0.3 is 10.1 Å². The first-order valence-corrected chi connectivity index (χ1v) is 6.72. The van der Waals surface area contributed by atoms with Gasteiger partial charge in [-0.2, -0.15) is 5.10 Å². The van der Waals surface area contributed by atoms with Crippen molar-refractivity contribution in [2.24, 2.45) is 0 Å². The van der Waals surface area contributed by atoms with Crippen LogP contribution in [0.2, 0.25) is 0 Å². The molecule has 0 atom stereocenters. The van der Waals surface area contributed by atoms with Crippen LogP contribution in [0.4, 0.5) is 0 Å². The number of hydrogen-bond acceptors (Lipinski definition) is 3. The Labute approximate surface area is 110 Å². The second-order valence-electron chi connectivity index (χ2n) is 4.30. The highest BCUT2D eigenvalue weighted by molar-refractivity contribution is 5.49. The molecular weight excluding hydrogens is 226 g/mol.